The number of aromatic nitrogens is 2. The molecule has 2 aliphatic rings. The Kier molecular flexibility index (Phi) is 6.38. The molecule has 35 heavy (non-hydrogen) atoms. The number of rotatable bonds is 5. The number of pyridine rings is 2. The third kappa shape index (κ3) is 4.58. The van der Waals surface area contributed by atoms with Gasteiger partial charge in [0.15, 0.2) is 0 Å². The van der Waals surface area contributed by atoms with Gasteiger partial charge in [-0.15, -0.1) is 0 Å². The highest BCUT2D eigenvalue weighted by Crippen LogP contribution is 2.37. The van der Waals surface area contributed by atoms with Crippen LogP contribution in [0.2, 0.25) is 0 Å². The van der Waals surface area contributed by atoms with Crippen LogP contribution in [0.1, 0.15) is 12.5 Å². The molecule has 0 saturated carbocycles. The number of amides is 1. The van der Waals surface area contributed by atoms with Crippen molar-refractivity contribution in [3.05, 3.63) is 47.8 Å². The number of hydrogen-bond acceptors (Lipinski definition) is 7. The van der Waals surface area contributed by atoms with Crippen molar-refractivity contribution in [3.63, 3.8) is 0 Å². The van der Waals surface area contributed by atoms with Gasteiger partial charge >= 0.3 is 0 Å². The molecule has 1 amide bonds. The summed E-state index contributed by atoms with van der Waals surface area (Å²) in [5, 5.41) is 3.52. The van der Waals surface area contributed by atoms with Crippen LogP contribution in [0.15, 0.2) is 30.6 Å². The van der Waals surface area contributed by atoms with Crippen molar-refractivity contribution in [3.8, 4) is 0 Å². The van der Waals surface area contributed by atoms with Crippen LogP contribution in [0.4, 0.5) is 31.7 Å². The van der Waals surface area contributed by atoms with Crippen LogP contribution in [0.25, 0.3) is 10.9 Å². The average molecular weight is 483 g/mol. The summed E-state index contributed by atoms with van der Waals surface area (Å²) < 4.78 is 34.6. The Morgan fingerprint density at radius 2 is 1.86 bits per heavy atom. The lowest BCUT2D eigenvalue weighted by atomic mass is 10.1. The van der Waals surface area contributed by atoms with E-state index >= 15 is 4.39 Å². The third-order valence-corrected chi connectivity index (χ3v) is 6.59. The van der Waals surface area contributed by atoms with Crippen molar-refractivity contribution in [2.24, 2.45) is 0 Å². The summed E-state index contributed by atoms with van der Waals surface area (Å²) in [7, 11) is 0. The fourth-order valence-corrected chi connectivity index (χ4v) is 4.72. The summed E-state index contributed by atoms with van der Waals surface area (Å²) in [6.07, 6.45) is 3.45. The highest BCUT2D eigenvalue weighted by Gasteiger charge is 2.27. The molecule has 184 valence electrons. The molecule has 2 fully saturated rings. The Bertz CT molecular complexity index is 1260. The molecule has 1 N–H and O–H groups in total. The van der Waals surface area contributed by atoms with Crippen molar-refractivity contribution >= 4 is 39.7 Å². The quantitative estimate of drug-likeness (QED) is 0.597. The van der Waals surface area contributed by atoms with Crippen molar-refractivity contribution in [2.45, 2.75) is 13.8 Å². The average Bonchev–Trinajstić information content (AvgIpc) is 2.86. The normalized spacial score (nSPS) is 16.8. The number of fused-ring (bicyclic) bond motifs is 1. The second kappa shape index (κ2) is 9.61. The van der Waals surface area contributed by atoms with Gasteiger partial charge in [0.1, 0.15) is 17.5 Å². The van der Waals surface area contributed by atoms with E-state index in [9.17, 15) is 9.18 Å². The molecule has 1 aromatic carbocycles. The van der Waals surface area contributed by atoms with Crippen LogP contribution in [0.5, 0.6) is 0 Å². The van der Waals surface area contributed by atoms with Gasteiger partial charge in [0.25, 0.3) is 0 Å². The first-order valence-electron chi connectivity index (χ1n) is 11.8. The number of nitrogens with one attached hydrogen (secondary N) is 1. The first-order valence-corrected chi connectivity index (χ1v) is 11.8. The maximum Gasteiger partial charge on any atom is 0.242 e. The zero-order valence-corrected chi connectivity index (χ0v) is 19.9. The predicted octanol–water partition coefficient (Wildman–Crippen LogP) is 3.47. The van der Waals surface area contributed by atoms with Crippen LogP contribution in [-0.2, 0) is 9.53 Å². The first kappa shape index (κ1) is 23.2. The second-order valence-corrected chi connectivity index (χ2v) is 8.77. The largest absolute Gasteiger partial charge is 0.378 e. The number of morpholine rings is 1. The van der Waals surface area contributed by atoms with Gasteiger partial charge in [-0.1, -0.05) is 0 Å². The molecule has 5 rings (SSSR count). The second-order valence-electron chi connectivity index (χ2n) is 8.77. The molecule has 0 radical (unpaired) electrons. The maximum atomic E-state index is 15.1. The van der Waals surface area contributed by atoms with E-state index in [1.165, 1.54) is 6.07 Å². The fraction of sp³-hybridized carbons (Fsp3) is 0.400. The molecule has 0 spiro atoms. The summed E-state index contributed by atoms with van der Waals surface area (Å²) in [5.74, 6) is -0.867. The number of carbonyl (C=O) groups excluding carboxylic acids is 1. The van der Waals surface area contributed by atoms with Gasteiger partial charge in [-0.05, 0) is 19.9 Å². The highest BCUT2D eigenvalue weighted by atomic mass is 19.1. The summed E-state index contributed by atoms with van der Waals surface area (Å²) in [6.45, 7) is 8.57. The van der Waals surface area contributed by atoms with Gasteiger partial charge in [-0.2, -0.15) is 0 Å². The van der Waals surface area contributed by atoms with E-state index in [0.29, 0.717) is 55.6 Å². The summed E-state index contributed by atoms with van der Waals surface area (Å²) in [5.41, 5.74) is 2.95. The summed E-state index contributed by atoms with van der Waals surface area (Å²) in [6, 6.07) is 4.04. The number of nitrogens with zero attached hydrogens (tertiary/aromatic N) is 5. The highest BCUT2D eigenvalue weighted by molar-refractivity contribution is 5.98. The topological polar surface area (TPSA) is 73.8 Å². The predicted molar refractivity (Wildman–Crippen MR) is 131 cm³/mol. The number of halogens is 2. The summed E-state index contributed by atoms with van der Waals surface area (Å²) >= 11 is 0. The van der Waals surface area contributed by atoms with Gasteiger partial charge in [0, 0.05) is 50.4 Å². The van der Waals surface area contributed by atoms with Gasteiger partial charge in [-0.3, -0.25) is 9.78 Å². The van der Waals surface area contributed by atoms with Gasteiger partial charge in [-0.25, -0.2) is 13.8 Å². The monoisotopic (exact) mass is 482 g/mol. The fourth-order valence-electron chi connectivity index (χ4n) is 4.72. The molecular weight excluding hydrogens is 454 g/mol. The molecule has 10 heteroatoms. The third-order valence-electron chi connectivity index (χ3n) is 6.59. The number of hydrogen-bond donors (Lipinski definition) is 1. The lowest BCUT2D eigenvalue weighted by molar-refractivity contribution is -0.130. The first-order chi connectivity index (χ1) is 16.9. The van der Waals surface area contributed by atoms with Crippen molar-refractivity contribution < 1.29 is 18.3 Å². The van der Waals surface area contributed by atoms with Crippen LogP contribution in [0, 0.1) is 18.6 Å². The molecule has 0 unspecified atom stereocenters. The van der Waals surface area contributed by atoms with E-state index in [1.54, 1.807) is 17.3 Å². The van der Waals surface area contributed by atoms with Crippen LogP contribution in [-0.4, -0.2) is 73.3 Å². The van der Waals surface area contributed by atoms with E-state index in [4.69, 9.17) is 4.74 Å². The molecule has 0 bridgehead atoms. The van der Waals surface area contributed by atoms with E-state index in [1.807, 2.05) is 24.8 Å². The number of ether oxygens (including phenoxy) is 1. The number of piperazine rings is 1. The van der Waals surface area contributed by atoms with Gasteiger partial charge in [0.05, 0.1) is 60.1 Å². The molecular formula is C25H28F2N6O2. The molecule has 3 aromatic rings. The molecule has 2 aliphatic heterocycles. The summed E-state index contributed by atoms with van der Waals surface area (Å²) in [4.78, 5) is 27.4. The van der Waals surface area contributed by atoms with Crippen molar-refractivity contribution in [1.29, 1.82) is 0 Å². The number of likely N-dealkylation sites (N-methyl/N-ethyl adjacent to an activating group) is 1. The standard InChI is InChI=1S/C25H28F2N6O2/c1-3-31-4-5-33(15-22(31)34)25-16(2)24(23-20(27)10-17(26)11-21(23)30-25)29-18-12-19(14-28-13-18)32-6-8-35-9-7-32/h10-14H,3-9,15H2,1-2H3,(H,29,30). The Morgan fingerprint density at radius 3 is 2.60 bits per heavy atom. The Balaban J connectivity index is 1.57. The zero-order chi connectivity index (χ0) is 24.5. The number of carbonyl (C=O) groups is 1. The van der Waals surface area contributed by atoms with E-state index < -0.39 is 11.6 Å². The molecule has 4 heterocycles. The maximum absolute atomic E-state index is 15.1. The lowest BCUT2D eigenvalue weighted by Crippen LogP contribution is -2.50. The van der Waals surface area contributed by atoms with Crippen molar-refractivity contribution in [1.82, 2.24) is 14.9 Å². The minimum atomic E-state index is -0.703. The van der Waals surface area contributed by atoms with E-state index in [-0.39, 0.29) is 23.4 Å². The van der Waals surface area contributed by atoms with Gasteiger partial charge < -0.3 is 24.8 Å². The smallest absolute Gasteiger partial charge is 0.242 e. The number of benzene rings is 1. The van der Waals surface area contributed by atoms with Crippen LogP contribution < -0.4 is 15.1 Å². The minimum absolute atomic E-state index is 0.00221. The Labute approximate surface area is 202 Å². The zero-order valence-electron chi connectivity index (χ0n) is 19.9. The Morgan fingerprint density at radius 1 is 1.06 bits per heavy atom. The van der Waals surface area contributed by atoms with Crippen molar-refractivity contribution in [2.75, 3.05) is 67.6 Å². The molecule has 8 nitrogen and oxygen atoms in total. The molecule has 2 aromatic heterocycles. The molecule has 2 saturated heterocycles. The Hall–Kier alpha value is -3.53. The minimum Gasteiger partial charge on any atom is -0.378 e. The van der Waals surface area contributed by atoms with Gasteiger partial charge in [0.2, 0.25) is 5.91 Å². The van der Waals surface area contributed by atoms with Crippen LogP contribution in [0.3, 0.4) is 0 Å². The lowest BCUT2D eigenvalue weighted by Gasteiger charge is -2.35. The molecule has 0 atom stereocenters. The molecule has 0 aliphatic carbocycles. The van der Waals surface area contributed by atoms with E-state index in [2.05, 4.69) is 20.2 Å². The SMILES string of the molecule is CCN1CCN(c2nc3cc(F)cc(F)c3c(Nc3cncc(N4CCOCC4)c3)c2C)CC1=O. The number of anilines is 4. The van der Waals surface area contributed by atoms with E-state index in [0.717, 1.165) is 24.8 Å². The van der Waals surface area contributed by atoms with Crippen LogP contribution >= 0.6 is 0 Å².